The van der Waals surface area contributed by atoms with Gasteiger partial charge in [-0.15, -0.1) is 0 Å². The summed E-state index contributed by atoms with van der Waals surface area (Å²) < 4.78 is 72.9. The minimum Gasteiger partial charge on any atom is -0.458 e. The van der Waals surface area contributed by atoms with E-state index >= 15 is 0 Å². The van der Waals surface area contributed by atoms with Crippen molar-refractivity contribution in [1.29, 1.82) is 4.78 Å². The number of alkyl halides is 3. The maximum atomic E-state index is 13.7. The molecule has 0 saturated carbocycles. The number of rotatable bonds is 9. The normalized spacial score (nSPS) is 16.9. The molecule has 0 aromatic carbocycles. The second-order valence-electron chi connectivity index (χ2n) is 10.2. The van der Waals surface area contributed by atoms with E-state index in [0.717, 1.165) is 12.3 Å². The highest BCUT2D eigenvalue weighted by Crippen LogP contribution is 2.41. The maximum Gasteiger partial charge on any atom is 0.423 e. The lowest BCUT2D eigenvalue weighted by molar-refractivity contribution is -0.268. The number of nitrogens with zero attached hydrogens (tertiary/aromatic N) is 1. The first-order valence-electron chi connectivity index (χ1n) is 10.9. The largest absolute Gasteiger partial charge is 0.458 e. The van der Waals surface area contributed by atoms with E-state index < -0.39 is 74.4 Å². The van der Waals surface area contributed by atoms with Crippen LogP contribution in [-0.4, -0.2) is 61.3 Å². The second-order valence-corrected chi connectivity index (χ2v) is 13.6. The van der Waals surface area contributed by atoms with E-state index in [4.69, 9.17) is 14.3 Å². The number of nitrogens with one attached hydrogen (secondary N) is 2. The standard InChI is InChI=1S/C22H33BrF3N3O6S/c1-19(2,3)34-17(30)15(29-18(31)35-20(4,5)6)9-11-36(27,33)12-10-21(32,22(24,25)26)16-8-7-14(23)13-28-16/h7-8,13,15,27,32H,9-12H2,1-6H3,(H,29,31)/t15-,21?,36?/m0/s1. The molecule has 1 aromatic rings. The fourth-order valence-corrected chi connectivity index (χ4v) is 4.51. The molecule has 0 aliphatic carbocycles. The predicted molar refractivity (Wildman–Crippen MR) is 131 cm³/mol. The summed E-state index contributed by atoms with van der Waals surface area (Å²) in [6.07, 6.45) is -6.48. The van der Waals surface area contributed by atoms with Gasteiger partial charge in [0.2, 0.25) is 5.60 Å². The number of pyridine rings is 1. The van der Waals surface area contributed by atoms with Crippen LogP contribution in [-0.2, 0) is 29.6 Å². The van der Waals surface area contributed by atoms with Crippen molar-refractivity contribution < 1.29 is 41.5 Å². The predicted octanol–water partition coefficient (Wildman–Crippen LogP) is 4.66. The highest BCUT2D eigenvalue weighted by atomic mass is 79.9. The molecule has 0 aliphatic heterocycles. The van der Waals surface area contributed by atoms with Gasteiger partial charge in [0.05, 0.1) is 5.69 Å². The number of hydrogen-bond acceptors (Lipinski definition) is 8. The number of aromatic nitrogens is 1. The molecule has 1 rings (SSSR count). The molecule has 0 bridgehead atoms. The third kappa shape index (κ3) is 10.6. The molecule has 36 heavy (non-hydrogen) atoms. The number of amides is 1. The lowest BCUT2D eigenvalue weighted by Gasteiger charge is -2.30. The third-order valence-electron chi connectivity index (χ3n) is 4.53. The van der Waals surface area contributed by atoms with Gasteiger partial charge in [-0.1, -0.05) is 0 Å². The van der Waals surface area contributed by atoms with E-state index in [2.05, 4.69) is 26.2 Å². The fraction of sp³-hybridized carbons (Fsp3) is 0.682. The van der Waals surface area contributed by atoms with Crippen molar-refractivity contribution in [2.24, 2.45) is 0 Å². The van der Waals surface area contributed by atoms with Crippen LogP contribution in [0.25, 0.3) is 0 Å². The molecule has 2 unspecified atom stereocenters. The van der Waals surface area contributed by atoms with Crippen LogP contribution in [0.15, 0.2) is 22.8 Å². The molecule has 3 N–H and O–H groups in total. The van der Waals surface area contributed by atoms with Crippen molar-refractivity contribution in [1.82, 2.24) is 10.3 Å². The Hall–Kier alpha value is -1.93. The number of ether oxygens (including phenoxy) is 2. The fourth-order valence-electron chi connectivity index (χ4n) is 2.83. The molecule has 1 heterocycles. The van der Waals surface area contributed by atoms with Crippen LogP contribution in [0.4, 0.5) is 18.0 Å². The lowest BCUT2D eigenvalue weighted by atomic mass is 9.95. The SMILES string of the molecule is CC(C)(C)OC(=O)N[C@@H](CCS(=N)(=O)CCC(O)(c1ccc(Br)cn1)C(F)(F)F)C(=O)OC(C)(C)C. The molecule has 206 valence electrons. The molecule has 1 aromatic heterocycles. The molecule has 0 saturated heterocycles. The monoisotopic (exact) mass is 603 g/mol. The van der Waals surface area contributed by atoms with E-state index in [1.807, 2.05) is 0 Å². The third-order valence-corrected chi connectivity index (χ3v) is 6.76. The van der Waals surface area contributed by atoms with Gasteiger partial charge in [-0.2, -0.15) is 13.2 Å². The topological polar surface area (TPSA) is 139 Å². The van der Waals surface area contributed by atoms with Gasteiger partial charge in [-0.25, -0.2) is 13.8 Å². The van der Waals surface area contributed by atoms with Gasteiger partial charge in [-0.3, -0.25) is 9.76 Å². The summed E-state index contributed by atoms with van der Waals surface area (Å²) in [6, 6.07) is 0.886. The molecule has 1 amide bonds. The second kappa shape index (κ2) is 11.6. The van der Waals surface area contributed by atoms with Crippen LogP contribution in [0, 0.1) is 4.78 Å². The van der Waals surface area contributed by atoms with E-state index in [1.165, 1.54) is 6.07 Å². The van der Waals surface area contributed by atoms with Crippen LogP contribution in [0.5, 0.6) is 0 Å². The van der Waals surface area contributed by atoms with Gasteiger partial charge < -0.3 is 19.9 Å². The van der Waals surface area contributed by atoms with Gasteiger partial charge in [0.25, 0.3) is 0 Å². The highest BCUT2D eigenvalue weighted by molar-refractivity contribution is 9.10. The summed E-state index contributed by atoms with van der Waals surface area (Å²) in [5.41, 5.74) is -5.94. The zero-order valence-electron chi connectivity index (χ0n) is 21.0. The molecule has 0 fully saturated rings. The quantitative estimate of drug-likeness (QED) is 0.349. The molecule has 0 aliphatic rings. The first kappa shape index (κ1) is 32.1. The van der Waals surface area contributed by atoms with Crippen molar-refractivity contribution in [2.45, 2.75) is 83.4 Å². The Labute approximate surface area is 217 Å². The molecular weight excluding hydrogens is 571 g/mol. The smallest absolute Gasteiger partial charge is 0.423 e. The number of carbonyl (C=O) groups is 2. The number of hydrogen-bond donors (Lipinski definition) is 3. The minimum absolute atomic E-state index is 0.364. The number of halogens is 4. The van der Waals surface area contributed by atoms with Crippen molar-refractivity contribution >= 4 is 37.7 Å². The lowest BCUT2D eigenvalue weighted by Crippen LogP contribution is -2.47. The van der Waals surface area contributed by atoms with E-state index in [0.29, 0.717) is 4.47 Å². The van der Waals surface area contributed by atoms with Crippen LogP contribution < -0.4 is 5.32 Å². The minimum atomic E-state index is -5.15. The number of carbonyl (C=O) groups excluding carboxylic acids is 2. The van der Waals surface area contributed by atoms with Crippen molar-refractivity contribution in [3.63, 3.8) is 0 Å². The average Bonchev–Trinajstić information content (AvgIpc) is 2.66. The molecule has 9 nitrogen and oxygen atoms in total. The van der Waals surface area contributed by atoms with Crippen LogP contribution in [0.2, 0.25) is 0 Å². The average molecular weight is 604 g/mol. The summed E-state index contributed by atoms with van der Waals surface area (Å²) in [5, 5.41) is 12.7. The zero-order chi connectivity index (χ0) is 28.2. The van der Waals surface area contributed by atoms with Crippen LogP contribution in [0.3, 0.4) is 0 Å². The highest BCUT2D eigenvalue weighted by Gasteiger charge is 2.56. The molecular formula is C22H33BrF3N3O6S. The van der Waals surface area contributed by atoms with Crippen molar-refractivity contribution in [3.8, 4) is 0 Å². The van der Waals surface area contributed by atoms with Crippen molar-refractivity contribution in [2.75, 3.05) is 11.5 Å². The van der Waals surface area contributed by atoms with Gasteiger partial charge in [0, 0.05) is 38.3 Å². The molecule has 0 radical (unpaired) electrons. The number of alkyl carbamates (subject to hydrolysis) is 1. The Morgan fingerprint density at radius 3 is 2.11 bits per heavy atom. The van der Waals surface area contributed by atoms with Crippen LogP contribution >= 0.6 is 15.9 Å². The van der Waals surface area contributed by atoms with Gasteiger partial charge in [-0.05, 0) is 76.0 Å². The Balaban J connectivity index is 3.03. The molecule has 0 spiro atoms. The Morgan fingerprint density at radius 2 is 1.67 bits per heavy atom. The molecule has 3 atom stereocenters. The Kier molecular flexibility index (Phi) is 10.4. The summed E-state index contributed by atoms with van der Waals surface area (Å²) in [6.45, 7) is 9.60. The first-order valence-corrected chi connectivity index (χ1v) is 13.6. The summed E-state index contributed by atoms with van der Waals surface area (Å²) in [7, 11) is -3.73. The maximum absolute atomic E-state index is 13.7. The van der Waals surface area contributed by atoms with E-state index in [-0.39, 0.29) is 6.42 Å². The number of esters is 1. The number of aliphatic hydroxyl groups is 1. The summed E-state index contributed by atoms with van der Waals surface area (Å²) >= 11 is 3.05. The van der Waals surface area contributed by atoms with Gasteiger partial charge in [0.1, 0.15) is 17.2 Å². The zero-order valence-corrected chi connectivity index (χ0v) is 23.4. The van der Waals surface area contributed by atoms with Gasteiger partial charge >= 0.3 is 18.2 Å². The first-order chi connectivity index (χ1) is 16.0. The van der Waals surface area contributed by atoms with E-state index in [1.54, 1.807) is 41.5 Å². The van der Waals surface area contributed by atoms with E-state index in [9.17, 15) is 32.1 Å². The van der Waals surface area contributed by atoms with Gasteiger partial charge in [0.15, 0.2) is 0 Å². The summed E-state index contributed by atoms with van der Waals surface area (Å²) in [4.78, 5) is 28.4. The van der Waals surface area contributed by atoms with Crippen LogP contribution in [0.1, 0.15) is 60.1 Å². The Bertz CT molecular complexity index is 1020. The Morgan fingerprint density at radius 1 is 1.11 bits per heavy atom. The van der Waals surface area contributed by atoms with Crippen molar-refractivity contribution in [3.05, 3.63) is 28.5 Å². The summed E-state index contributed by atoms with van der Waals surface area (Å²) in [5.74, 6) is -2.27. The molecule has 14 heteroatoms.